The van der Waals surface area contributed by atoms with Crippen LogP contribution in [0.4, 0.5) is 0 Å². The topological polar surface area (TPSA) is 47.6 Å². The Morgan fingerprint density at radius 3 is 3.00 bits per heavy atom. The van der Waals surface area contributed by atoms with Gasteiger partial charge in [-0.3, -0.25) is 4.79 Å². The van der Waals surface area contributed by atoms with Gasteiger partial charge in [0.25, 0.3) is 5.91 Å². The highest BCUT2D eigenvalue weighted by molar-refractivity contribution is 5.82. The molecule has 20 heavy (non-hydrogen) atoms. The fraction of sp³-hybridized carbons (Fsp3) is 0.562. The molecule has 4 nitrogen and oxygen atoms in total. The minimum Gasteiger partial charge on any atom is -0.480 e. The average Bonchev–Trinajstić information content (AvgIpc) is 2.86. The van der Waals surface area contributed by atoms with Gasteiger partial charge in [-0.1, -0.05) is 32.0 Å². The van der Waals surface area contributed by atoms with Gasteiger partial charge in [-0.2, -0.15) is 0 Å². The molecule has 4 heteroatoms. The molecule has 1 amide bonds. The summed E-state index contributed by atoms with van der Waals surface area (Å²) in [5.41, 5.74) is 1.10. The van der Waals surface area contributed by atoms with Crippen molar-refractivity contribution in [2.45, 2.75) is 32.8 Å². The van der Waals surface area contributed by atoms with Crippen molar-refractivity contribution in [1.82, 2.24) is 5.32 Å². The van der Waals surface area contributed by atoms with E-state index in [-0.39, 0.29) is 12.0 Å². The number of carbonyl (C=O) groups excluding carboxylic acids is 1. The maximum atomic E-state index is 12.0. The second-order valence-corrected chi connectivity index (χ2v) is 5.53. The molecule has 0 aliphatic carbocycles. The largest absolute Gasteiger partial charge is 0.480 e. The molecule has 1 aromatic rings. The Morgan fingerprint density at radius 1 is 1.45 bits per heavy atom. The third kappa shape index (κ3) is 4.23. The Hall–Kier alpha value is -1.55. The highest BCUT2D eigenvalue weighted by Gasteiger charge is 2.28. The smallest absolute Gasteiger partial charge is 0.261 e. The Morgan fingerprint density at radius 2 is 2.25 bits per heavy atom. The van der Waals surface area contributed by atoms with E-state index in [0.29, 0.717) is 25.5 Å². The summed E-state index contributed by atoms with van der Waals surface area (Å²) in [6, 6.07) is 7.80. The summed E-state index contributed by atoms with van der Waals surface area (Å²) < 4.78 is 11.1. The van der Waals surface area contributed by atoms with Crippen molar-refractivity contribution in [1.29, 1.82) is 0 Å². The molecule has 1 heterocycles. The number of hydrogen-bond donors (Lipinski definition) is 1. The predicted octanol–water partition coefficient (Wildman–Crippen LogP) is 2.17. The van der Waals surface area contributed by atoms with Crippen LogP contribution >= 0.6 is 0 Å². The number of nitrogens with one attached hydrogen (secondary N) is 1. The monoisotopic (exact) mass is 277 g/mol. The van der Waals surface area contributed by atoms with Gasteiger partial charge in [0.15, 0.2) is 6.10 Å². The molecule has 0 unspecified atom stereocenters. The number of ether oxygens (including phenoxy) is 2. The van der Waals surface area contributed by atoms with Crippen LogP contribution < -0.4 is 10.1 Å². The van der Waals surface area contributed by atoms with E-state index in [9.17, 15) is 4.79 Å². The van der Waals surface area contributed by atoms with Gasteiger partial charge in [-0.05, 0) is 24.0 Å². The third-order valence-electron chi connectivity index (χ3n) is 3.16. The van der Waals surface area contributed by atoms with Crippen molar-refractivity contribution in [3.8, 4) is 5.75 Å². The van der Waals surface area contributed by atoms with Gasteiger partial charge >= 0.3 is 0 Å². The fourth-order valence-electron chi connectivity index (χ4n) is 2.15. The van der Waals surface area contributed by atoms with Crippen LogP contribution in [-0.2, 0) is 16.0 Å². The molecule has 1 N–H and O–H groups in total. The maximum Gasteiger partial charge on any atom is 0.261 e. The van der Waals surface area contributed by atoms with Crippen LogP contribution in [0.25, 0.3) is 0 Å². The SMILES string of the molecule is CC(C)COCCCNC(=O)[C@@H]1Cc2ccccc2O1. The zero-order valence-corrected chi connectivity index (χ0v) is 12.2. The Labute approximate surface area is 120 Å². The predicted molar refractivity (Wildman–Crippen MR) is 77.8 cm³/mol. The second-order valence-electron chi connectivity index (χ2n) is 5.53. The van der Waals surface area contributed by atoms with Crippen molar-refractivity contribution in [2.75, 3.05) is 19.8 Å². The molecular weight excluding hydrogens is 254 g/mol. The molecule has 0 saturated heterocycles. The van der Waals surface area contributed by atoms with Gasteiger partial charge in [0.2, 0.25) is 0 Å². The number of hydrogen-bond acceptors (Lipinski definition) is 3. The van der Waals surface area contributed by atoms with E-state index >= 15 is 0 Å². The van der Waals surface area contributed by atoms with Gasteiger partial charge in [0.1, 0.15) is 5.75 Å². The highest BCUT2D eigenvalue weighted by Crippen LogP contribution is 2.27. The van der Waals surface area contributed by atoms with Gasteiger partial charge in [-0.25, -0.2) is 0 Å². The average molecular weight is 277 g/mol. The summed E-state index contributed by atoms with van der Waals surface area (Å²) in [7, 11) is 0. The van der Waals surface area contributed by atoms with Crippen LogP contribution in [0.2, 0.25) is 0 Å². The molecule has 0 saturated carbocycles. The van der Waals surface area contributed by atoms with E-state index in [1.54, 1.807) is 0 Å². The first-order chi connectivity index (χ1) is 9.66. The van der Waals surface area contributed by atoms with E-state index in [1.807, 2.05) is 24.3 Å². The third-order valence-corrected chi connectivity index (χ3v) is 3.16. The van der Waals surface area contributed by atoms with Gasteiger partial charge < -0.3 is 14.8 Å². The van der Waals surface area contributed by atoms with E-state index in [4.69, 9.17) is 9.47 Å². The molecule has 2 rings (SSSR count). The zero-order valence-electron chi connectivity index (χ0n) is 12.2. The molecule has 110 valence electrons. The van der Waals surface area contributed by atoms with Crippen molar-refractivity contribution in [3.05, 3.63) is 29.8 Å². The van der Waals surface area contributed by atoms with Crippen molar-refractivity contribution < 1.29 is 14.3 Å². The van der Waals surface area contributed by atoms with E-state index in [2.05, 4.69) is 19.2 Å². The van der Waals surface area contributed by atoms with Crippen LogP contribution in [0.5, 0.6) is 5.75 Å². The van der Waals surface area contributed by atoms with Crippen molar-refractivity contribution >= 4 is 5.91 Å². The molecule has 0 spiro atoms. The summed E-state index contributed by atoms with van der Waals surface area (Å²) in [5, 5.41) is 2.90. The molecule has 0 aromatic heterocycles. The first-order valence-corrected chi connectivity index (χ1v) is 7.27. The molecule has 0 bridgehead atoms. The number of rotatable bonds is 7. The standard InChI is InChI=1S/C16H23NO3/c1-12(2)11-19-9-5-8-17-16(18)15-10-13-6-3-4-7-14(13)20-15/h3-4,6-7,12,15H,5,8-11H2,1-2H3,(H,17,18)/t15-/m0/s1. The quantitative estimate of drug-likeness (QED) is 0.777. The first kappa shape index (κ1) is 14.9. The highest BCUT2D eigenvalue weighted by atomic mass is 16.5. The Balaban J connectivity index is 1.62. The molecule has 0 radical (unpaired) electrons. The van der Waals surface area contributed by atoms with Gasteiger partial charge in [-0.15, -0.1) is 0 Å². The van der Waals surface area contributed by atoms with Crippen molar-refractivity contribution in [3.63, 3.8) is 0 Å². The lowest BCUT2D eigenvalue weighted by atomic mass is 10.1. The maximum absolute atomic E-state index is 12.0. The molecular formula is C16H23NO3. The summed E-state index contributed by atoms with van der Waals surface area (Å²) in [6.45, 7) is 6.33. The minimum absolute atomic E-state index is 0.0370. The molecule has 1 aliphatic heterocycles. The lowest BCUT2D eigenvalue weighted by molar-refractivity contribution is -0.127. The van der Waals surface area contributed by atoms with Crippen molar-refractivity contribution in [2.24, 2.45) is 5.92 Å². The summed E-state index contributed by atoms with van der Waals surface area (Å²) >= 11 is 0. The number of amides is 1. The Bertz CT molecular complexity index is 420. The van der Waals surface area contributed by atoms with Gasteiger partial charge in [0.05, 0.1) is 0 Å². The zero-order chi connectivity index (χ0) is 14.4. The summed E-state index contributed by atoms with van der Waals surface area (Å²) in [4.78, 5) is 12.0. The lowest BCUT2D eigenvalue weighted by Crippen LogP contribution is -2.38. The normalized spacial score (nSPS) is 16.9. The number of para-hydroxylation sites is 1. The van der Waals surface area contributed by atoms with Crippen LogP contribution in [0, 0.1) is 5.92 Å². The van der Waals surface area contributed by atoms with Crippen LogP contribution in [0.1, 0.15) is 25.8 Å². The van der Waals surface area contributed by atoms with E-state index < -0.39 is 0 Å². The molecule has 0 fully saturated rings. The minimum atomic E-state index is -0.385. The molecule has 1 atom stereocenters. The summed E-state index contributed by atoms with van der Waals surface area (Å²) in [6.07, 6.45) is 1.10. The van der Waals surface area contributed by atoms with Crippen LogP contribution in [0.3, 0.4) is 0 Å². The van der Waals surface area contributed by atoms with Crippen LogP contribution in [-0.4, -0.2) is 31.8 Å². The first-order valence-electron chi connectivity index (χ1n) is 7.27. The van der Waals surface area contributed by atoms with E-state index in [1.165, 1.54) is 0 Å². The fourth-order valence-corrected chi connectivity index (χ4v) is 2.15. The molecule has 1 aromatic carbocycles. The van der Waals surface area contributed by atoms with E-state index in [0.717, 1.165) is 24.3 Å². The second kappa shape index (κ2) is 7.29. The summed E-state index contributed by atoms with van der Waals surface area (Å²) in [5.74, 6) is 1.34. The Kier molecular flexibility index (Phi) is 5.41. The number of fused-ring (bicyclic) bond motifs is 1. The number of benzene rings is 1. The number of carbonyl (C=O) groups is 1. The van der Waals surface area contributed by atoms with Gasteiger partial charge in [0, 0.05) is 26.2 Å². The van der Waals surface area contributed by atoms with Crippen LogP contribution in [0.15, 0.2) is 24.3 Å². The lowest BCUT2D eigenvalue weighted by Gasteiger charge is -2.11. The molecule has 1 aliphatic rings.